The van der Waals surface area contributed by atoms with Crippen LogP contribution in [0.4, 0.5) is 4.79 Å². The van der Waals surface area contributed by atoms with Crippen LogP contribution in [0.1, 0.15) is 5.56 Å². The molecule has 102 valence electrons. The lowest BCUT2D eigenvalue weighted by Crippen LogP contribution is -2.43. The van der Waals surface area contributed by atoms with Gasteiger partial charge in [-0.2, -0.15) is 0 Å². The Labute approximate surface area is 111 Å². The van der Waals surface area contributed by atoms with Crippen molar-refractivity contribution in [2.75, 3.05) is 20.1 Å². The fraction of sp³-hybridized carbons (Fsp3) is 0.417. The van der Waals surface area contributed by atoms with Crippen LogP contribution in [-0.2, 0) is 11.3 Å². The molecular formula is C12H17N5O2. The molecule has 0 heterocycles. The SMILES string of the molecule is CNC[C@@H](CN=[N+]=[N-])NC(=O)OCc1ccccc1. The van der Waals surface area contributed by atoms with Gasteiger partial charge in [0.15, 0.2) is 0 Å². The van der Waals surface area contributed by atoms with Crippen molar-refractivity contribution in [2.45, 2.75) is 12.6 Å². The van der Waals surface area contributed by atoms with E-state index in [1.54, 1.807) is 7.05 Å². The number of alkyl carbamates (subject to hydrolysis) is 1. The molecule has 19 heavy (non-hydrogen) atoms. The molecular weight excluding hydrogens is 246 g/mol. The van der Waals surface area contributed by atoms with Crippen LogP contribution in [0.2, 0.25) is 0 Å². The van der Waals surface area contributed by atoms with E-state index in [0.717, 1.165) is 5.56 Å². The predicted molar refractivity (Wildman–Crippen MR) is 71.5 cm³/mol. The maximum Gasteiger partial charge on any atom is 0.407 e. The molecule has 0 aliphatic carbocycles. The first kappa shape index (κ1) is 14.8. The van der Waals surface area contributed by atoms with E-state index in [0.29, 0.717) is 6.54 Å². The summed E-state index contributed by atoms with van der Waals surface area (Å²) in [6.45, 7) is 0.887. The summed E-state index contributed by atoms with van der Waals surface area (Å²) in [6, 6.07) is 9.11. The van der Waals surface area contributed by atoms with Crippen molar-refractivity contribution in [2.24, 2.45) is 5.11 Å². The Bertz CT molecular complexity index is 431. The minimum atomic E-state index is -0.530. The maximum atomic E-state index is 11.6. The Hall–Kier alpha value is -2.24. The summed E-state index contributed by atoms with van der Waals surface area (Å²) < 4.78 is 5.07. The first-order valence-electron chi connectivity index (χ1n) is 5.89. The zero-order valence-corrected chi connectivity index (χ0v) is 10.7. The highest BCUT2D eigenvalue weighted by atomic mass is 16.5. The van der Waals surface area contributed by atoms with Gasteiger partial charge in [0.1, 0.15) is 6.61 Å². The molecule has 7 nitrogen and oxygen atoms in total. The Balaban J connectivity index is 2.37. The van der Waals surface area contributed by atoms with E-state index < -0.39 is 6.09 Å². The maximum absolute atomic E-state index is 11.6. The molecule has 1 rings (SSSR count). The quantitative estimate of drug-likeness (QED) is 0.445. The second kappa shape index (κ2) is 8.79. The standard InChI is InChI=1S/C12H17N5O2/c1-14-7-11(8-15-17-13)16-12(18)19-9-10-5-3-2-4-6-10/h2-6,11,14H,7-9H2,1H3,(H,16,18)/t11-/m0/s1. The topological polar surface area (TPSA) is 99.1 Å². The first-order valence-corrected chi connectivity index (χ1v) is 5.89. The van der Waals surface area contributed by atoms with E-state index in [2.05, 4.69) is 20.7 Å². The zero-order valence-electron chi connectivity index (χ0n) is 10.7. The van der Waals surface area contributed by atoms with Crippen LogP contribution < -0.4 is 10.6 Å². The summed E-state index contributed by atoms with van der Waals surface area (Å²) in [5, 5.41) is 8.97. The Morgan fingerprint density at radius 2 is 2.21 bits per heavy atom. The molecule has 7 heteroatoms. The second-order valence-corrected chi connectivity index (χ2v) is 3.87. The molecule has 1 aromatic carbocycles. The number of hydrogen-bond acceptors (Lipinski definition) is 4. The molecule has 1 atom stereocenters. The highest BCUT2D eigenvalue weighted by Gasteiger charge is 2.11. The highest BCUT2D eigenvalue weighted by Crippen LogP contribution is 2.00. The van der Waals surface area contributed by atoms with Crippen LogP contribution in [-0.4, -0.2) is 32.3 Å². The minimum absolute atomic E-state index is 0.178. The molecule has 0 spiro atoms. The number of amides is 1. The molecule has 0 saturated carbocycles. The van der Waals surface area contributed by atoms with Gasteiger partial charge in [-0.25, -0.2) is 4.79 Å². The second-order valence-electron chi connectivity index (χ2n) is 3.87. The number of ether oxygens (including phenoxy) is 1. The number of benzene rings is 1. The van der Waals surface area contributed by atoms with Crippen molar-refractivity contribution < 1.29 is 9.53 Å². The van der Waals surface area contributed by atoms with Crippen molar-refractivity contribution in [3.8, 4) is 0 Å². The summed E-state index contributed by atoms with van der Waals surface area (Å²) >= 11 is 0. The van der Waals surface area contributed by atoms with Gasteiger partial charge < -0.3 is 15.4 Å². The van der Waals surface area contributed by atoms with Gasteiger partial charge in [-0.05, 0) is 18.1 Å². The third kappa shape index (κ3) is 6.30. The molecule has 0 fully saturated rings. The molecule has 0 radical (unpaired) electrons. The van der Waals surface area contributed by atoms with Crippen molar-refractivity contribution in [3.63, 3.8) is 0 Å². The number of rotatable bonds is 7. The van der Waals surface area contributed by atoms with Crippen LogP contribution in [0, 0.1) is 0 Å². The molecule has 0 bridgehead atoms. The number of hydrogen-bond donors (Lipinski definition) is 2. The first-order chi connectivity index (χ1) is 9.26. The van der Waals surface area contributed by atoms with Crippen LogP contribution in [0.15, 0.2) is 35.4 Å². The summed E-state index contributed by atoms with van der Waals surface area (Å²) in [6.07, 6.45) is -0.530. The highest BCUT2D eigenvalue weighted by molar-refractivity contribution is 5.67. The molecule has 2 N–H and O–H groups in total. The lowest BCUT2D eigenvalue weighted by Gasteiger charge is -2.16. The van der Waals surface area contributed by atoms with Crippen LogP contribution in [0.25, 0.3) is 10.4 Å². The fourth-order valence-electron chi connectivity index (χ4n) is 1.47. The van der Waals surface area contributed by atoms with E-state index in [-0.39, 0.29) is 19.2 Å². The number of carbonyl (C=O) groups excluding carboxylic acids is 1. The van der Waals surface area contributed by atoms with Gasteiger partial charge in [-0.1, -0.05) is 35.4 Å². The number of carbonyl (C=O) groups is 1. The largest absolute Gasteiger partial charge is 0.445 e. The average Bonchev–Trinajstić information content (AvgIpc) is 2.44. The molecule has 0 saturated heterocycles. The molecule has 1 aromatic rings. The van der Waals surface area contributed by atoms with Crippen molar-refractivity contribution in [3.05, 3.63) is 46.3 Å². The lowest BCUT2D eigenvalue weighted by atomic mass is 10.2. The van der Waals surface area contributed by atoms with Crippen molar-refractivity contribution in [1.82, 2.24) is 10.6 Å². The number of nitrogens with one attached hydrogen (secondary N) is 2. The summed E-state index contributed by atoms with van der Waals surface area (Å²) in [5.41, 5.74) is 9.18. The number of likely N-dealkylation sites (N-methyl/N-ethyl adjacent to an activating group) is 1. The predicted octanol–water partition coefficient (Wildman–Crippen LogP) is 1.81. The van der Waals surface area contributed by atoms with Gasteiger partial charge in [0.25, 0.3) is 0 Å². The monoisotopic (exact) mass is 263 g/mol. The molecule has 1 amide bonds. The summed E-state index contributed by atoms with van der Waals surface area (Å²) in [5.74, 6) is 0. The molecule has 0 aromatic heterocycles. The summed E-state index contributed by atoms with van der Waals surface area (Å²) in [7, 11) is 1.75. The average molecular weight is 263 g/mol. The van der Waals surface area contributed by atoms with Gasteiger partial charge in [-0.3, -0.25) is 0 Å². The number of nitrogens with zero attached hydrogens (tertiary/aromatic N) is 3. The van der Waals surface area contributed by atoms with E-state index in [1.165, 1.54) is 0 Å². The molecule has 0 unspecified atom stereocenters. The van der Waals surface area contributed by atoms with Gasteiger partial charge in [0.2, 0.25) is 0 Å². The minimum Gasteiger partial charge on any atom is -0.445 e. The normalized spacial score (nSPS) is 11.2. The van der Waals surface area contributed by atoms with Gasteiger partial charge in [0, 0.05) is 18.0 Å². The van der Waals surface area contributed by atoms with Gasteiger partial charge in [-0.15, -0.1) is 0 Å². The Morgan fingerprint density at radius 3 is 2.84 bits per heavy atom. The Morgan fingerprint density at radius 1 is 1.47 bits per heavy atom. The van der Waals surface area contributed by atoms with Crippen molar-refractivity contribution >= 4 is 6.09 Å². The van der Waals surface area contributed by atoms with E-state index >= 15 is 0 Å². The molecule has 0 aliphatic heterocycles. The van der Waals surface area contributed by atoms with E-state index in [4.69, 9.17) is 10.3 Å². The van der Waals surface area contributed by atoms with Gasteiger partial charge >= 0.3 is 6.09 Å². The number of azide groups is 1. The van der Waals surface area contributed by atoms with Crippen LogP contribution >= 0.6 is 0 Å². The Kier molecular flexibility index (Phi) is 6.86. The lowest BCUT2D eigenvalue weighted by molar-refractivity contribution is 0.136. The summed E-state index contributed by atoms with van der Waals surface area (Å²) in [4.78, 5) is 14.2. The van der Waals surface area contributed by atoms with Gasteiger partial charge in [0.05, 0.1) is 6.04 Å². The smallest absolute Gasteiger partial charge is 0.407 e. The fourth-order valence-corrected chi connectivity index (χ4v) is 1.47. The van der Waals surface area contributed by atoms with E-state index in [9.17, 15) is 4.79 Å². The van der Waals surface area contributed by atoms with Crippen molar-refractivity contribution in [1.29, 1.82) is 0 Å². The molecule has 0 aliphatic rings. The third-order valence-electron chi connectivity index (χ3n) is 2.35. The van der Waals surface area contributed by atoms with Crippen LogP contribution in [0.3, 0.4) is 0 Å². The third-order valence-corrected chi connectivity index (χ3v) is 2.35. The zero-order chi connectivity index (χ0) is 13.9. The van der Waals surface area contributed by atoms with Crippen LogP contribution in [0.5, 0.6) is 0 Å². The van der Waals surface area contributed by atoms with E-state index in [1.807, 2.05) is 30.3 Å².